The molecule has 13 heavy (non-hydrogen) atoms. The van der Waals surface area contributed by atoms with Gasteiger partial charge in [0.15, 0.2) is 11.6 Å². The molecule has 2 nitrogen and oxygen atoms in total. The van der Waals surface area contributed by atoms with Gasteiger partial charge >= 0.3 is 0 Å². The van der Waals surface area contributed by atoms with Crippen molar-refractivity contribution >= 4 is 5.69 Å². The van der Waals surface area contributed by atoms with E-state index in [0.717, 1.165) is 5.69 Å². The Bertz CT molecular complexity index is 286. The van der Waals surface area contributed by atoms with Gasteiger partial charge in [0, 0.05) is 25.8 Å². The highest BCUT2D eigenvalue weighted by Gasteiger charge is 2.04. The minimum atomic E-state index is -0.312. The Labute approximate surface area is 77.9 Å². The molecule has 0 heterocycles. The van der Waals surface area contributed by atoms with Crippen LogP contribution in [-0.2, 0) is 0 Å². The summed E-state index contributed by atoms with van der Waals surface area (Å²) in [6.07, 6.45) is 0. The van der Waals surface area contributed by atoms with Crippen molar-refractivity contribution in [3.63, 3.8) is 0 Å². The van der Waals surface area contributed by atoms with Gasteiger partial charge in [0.1, 0.15) is 0 Å². The Hall–Kier alpha value is -1.25. The van der Waals surface area contributed by atoms with Gasteiger partial charge in [-0.1, -0.05) is 0 Å². The van der Waals surface area contributed by atoms with Crippen LogP contribution in [0.3, 0.4) is 0 Å². The molecule has 0 radical (unpaired) electrons. The maximum absolute atomic E-state index is 13.2. The molecule has 1 aromatic carbocycles. The molecule has 0 atom stereocenters. The number of ether oxygens (including phenoxy) is 1. The Balaban J connectivity index is 2.92. The lowest BCUT2D eigenvalue weighted by atomic mass is 10.3. The summed E-state index contributed by atoms with van der Waals surface area (Å²) in [6, 6.07) is 4.94. The molecule has 1 rings (SSSR count). The van der Waals surface area contributed by atoms with Gasteiger partial charge in [-0.05, 0) is 19.1 Å². The molecule has 0 aliphatic heterocycles. The fourth-order valence-electron chi connectivity index (χ4n) is 1.04. The van der Waals surface area contributed by atoms with Crippen LogP contribution < -0.4 is 9.64 Å². The van der Waals surface area contributed by atoms with E-state index >= 15 is 0 Å². The van der Waals surface area contributed by atoms with E-state index in [1.54, 1.807) is 6.07 Å². The first-order valence-corrected chi connectivity index (χ1v) is 4.24. The standard InChI is InChI=1S/C10H14FNO/c1-4-13-10-6-5-8(12(2)3)7-9(10)11/h5-7H,4H2,1-3H3. The first-order chi connectivity index (χ1) is 6.15. The minimum Gasteiger partial charge on any atom is -0.491 e. The average Bonchev–Trinajstić information content (AvgIpc) is 2.08. The van der Waals surface area contributed by atoms with Crippen molar-refractivity contribution in [1.82, 2.24) is 0 Å². The number of halogens is 1. The molecule has 72 valence electrons. The number of hydrogen-bond donors (Lipinski definition) is 0. The molecule has 0 aliphatic rings. The van der Waals surface area contributed by atoms with Crippen molar-refractivity contribution in [2.45, 2.75) is 6.92 Å². The zero-order valence-corrected chi connectivity index (χ0v) is 8.17. The van der Waals surface area contributed by atoms with E-state index in [0.29, 0.717) is 12.4 Å². The lowest BCUT2D eigenvalue weighted by molar-refractivity contribution is 0.321. The quantitative estimate of drug-likeness (QED) is 0.712. The molecule has 0 saturated heterocycles. The maximum atomic E-state index is 13.2. The van der Waals surface area contributed by atoms with E-state index in [4.69, 9.17) is 4.74 Å². The molecule has 0 saturated carbocycles. The molecule has 0 bridgehead atoms. The lowest BCUT2D eigenvalue weighted by Gasteiger charge is -2.13. The summed E-state index contributed by atoms with van der Waals surface area (Å²) in [5.41, 5.74) is 0.834. The van der Waals surface area contributed by atoms with Gasteiger partial charge in [0.05, 0.1) is 6.61 Å². The second-order valence-corrected chi connectivity index (χ2v) is 2.94. The van der Waals surface area contributed by atoms with Crippen LogP contribution in [0.5, 0.6) is 5.75 Å². The fourth-order valence-corrected chi connectivity index (χ4v) is 1.04. The first kappa shape index (κ1) is 9.84. The van der Waals surface area contributed by atoms with Gasteiger partial charge in [0.2, 0.25) is 0 Å². The third kappa shape index (κ3) is 2.34. The van der Waals surface area contributed by atoms with Gasteiger partial charge in [-0.2, -0.15) is 0 Å². The SMILES string of the molecule is CCOc1ccc(N(C)C)cc1F. The van der Waals surface area contributed by atoms with E-state index in [1.165, 1.54) is 6.07 Å². The fraction of sp³-hybridized carbons (Fsp3) is 0.400. The normalized spacial score (nSPS) is 9.85. The van der Waals surface area contributed by atoms with Crippen LogP contribution in [0.4, 0.5) is 10.1 Å². The summed E-state index contributed by atoms with van der Waals surface area (Å²) < 4.78 is 18.3. The second-order valence-electron chi connectivity index (χ2n) is 2.94. The second kappa shape index (κ2) is 4.12. The third-order valence-electron chi connectivity index (χ3n) is 1.73. The van der Waals surface area contributed by atoms with Gasteiger partial charge in [-0.15, -0.1) is 0 Å². The zero-order chi connectivity index (χ0) is 9.84. The highest BCUT2D eigenvalue weighted by atomic mass is 19.1. The van der Waals surface area contributed by atoms with Crippen molar-refractivity contribution in [2.24, 2.45) is 0 Å². The Morgan fingerprint density at radius 3 is 2.54 bits per heavy atom. The maximum Gasteiger partial charge on any atom is 0.167 e. The molecule has 3 heteroatoms. The summed E-state index contributed by atoms with van der Waals surface area (Å²) in [7, 11) is 3.74. The molecule has 0 unspecified atom stereocenters. The minimum absolute atomic E-state index is 0.312. The topological polar surface area (TPSA) is 12.5 Å². The number of rotatable bonds is 3. The smallest absolute Gasteiger partial charge is 0.167 e. The van der Waals surface area contributed by atoms with Crippen LogP contribution in [0.2, 0.25) is 0 Å². The predicted molar refractivity (Wildman–Crippen MR) is 51.9 cm³/mol. The van der Waals surface area contributed by atoms with Crippen LogP contribution in [0, 0.1) is 5.82 Å². The molecular weight excluding hydrogens is 169 g/mol. The van der Waals surface area contributed by atoms with Crippen molar-refractivity contribution in [3.05, 3.63) is 24.0 Å². The summed E-state index contributed by atoms with van der Waals surface area (Å²) in [4.78, 5) is 1.85. The van der Waals surface area contributed by atoms with E-state index in [1.807, 2.05) is 32.0 Å². The van der Waals surface area contributed by atoms with Crippen LogP contribution in [0.1, 0.15) is 6.92 Å². The average molecular weight is 183 g/mol. The monoisotopic (exact) mass is 183 g/mol. The highest BCUT2D eigenvalue weighted by molar-refractivity contribution is 5.48. The Morgan fingerprint density at radius 2 is 2.08 bits per heavy atom. The van der Waals surface area contributed by atoms with Crippen LogP contribution in [0.15, 0.2) is 18.2 Å². The van der Waals surface area contributed by atoms with E-state index < -0.39 is 0 Å². The zero-order valence-electron chi connectivity index (χ0n) is 8.17. The van der Waals surface area contributed by atoms with Crippen LogP contribution in [-0.4, -0.2) is 20.7 Å². The van der Waals surface area contributed by atoms with Gasteiger partial charge < -0.3 is 9.64 Å². The number of nitrogens with zero attached hydrogens (tertiary/aromatic N) is 1. The Morgan fingerprint density at radius 1 is 1.38 bits per heavy atom. The number of benzene rings is 1. The predicted octanol–water partition coefficient (Wildman–Crippen LogP) is 2.29. The molecule has 0 aliphatic carbocycles. The molecule has 0 N–H and O–H groups in total. The first-order valence-electron chi connectivity index (χ1n) is 4.24. The van der Waals surface area contributed by atoms with Crippen molar-refractivity contribution in [1.29, 1.82) is 0 Å². The number of hydrogen-bond acceptors (Lipinski definition) is 2. The molecule has 0 spiro atoms. The lowest BCUT2D eigenvalue weighted by Crippen LogP contribution is -2.09. The van der Waals surface area contributed by atoms with Crippen molar-refractivity contribution < 1.29 is 9.13 Å². The summed E-state index contributed by atoms with van der Waals surface area (Å²) >= 11 is 0. The summed E-state index contributed by atoms with van der Waals surface area (Å²) in [6.45, 7) is 2.32. The summed E-state index contributed by atoms with van der Waals surface area (Å²) in [5.74, 6) is 0.00106. The van der Waals surface area contributed by atoms with E-state index in [9.17, 15) is 4.39 Å². The van der Waals surface area contributed by atoms with Crippen molar-refractivity contribution in [3.8, 4) is 5.75 Å². The van der Waals surface area contributed by atoms with Crippen LogP contribution in [0.25, 0.3) is 0 Å². The van der Waals surface area contributed by atoms with E-state index in [-0.39, 0.29) is 5.82 Å². The van der Waals surface area contributed by atoms with Gasteiger partial charge in [0.25, 0.3) is 0 Å². The highest BCUT2D eigenvalue weighted by Crippen LogP contribution is 2.22. The number of anilines is 1. The van der Waals surface area contributed by atoms with Crippen LogP contribution >= 0.6 is 0 Å². The van der Waals surface area contributed by atoms with E-state index in [2.05, 4.69) is 0 Å². The molecule has 0 amide bonds. The third-order valence-corrected chi connectivity index (χ3v) is 1.73. The molecule has 0 aromatic heterocycles. The Kier molecular flexibility index (Phi) is 3.12. The largest absolute Gasteiger partial charge is 0.491 e. The molecule has 0 fully saturated rings. The van der Waals surface area contributed by atoms with Crippen molar-refractivity contribution in [2.75, 3.05) is 25.6 Å². The summed E-state index contributed by atoms with van der Waals surface area (Å²) in [5, 5.41) is 0. The molecule has 1 aromatic rings. The van der Waals surface area contributed by atoms with Gasteiger partial charge in [-0.25, -0.2) is 4.39 Å². The van der Waals surface area contributed by atoms with Gasteiger partial charge in [-0.3, -0.25) is 0 Å². The molecular formula is C10H14FNO.